The molecule has 0 spiro atoms. The average molecular weight is 284 g/mol. The molecule has 7 heteroatoms. The minimum absolute atomic E-state index is 0.0239. The molecule has 3 N–H and O–H groups in total. The Kier molecular flexibility index (Phi) is 7.36. The first-order valence-electron chi connectivity index (χ1n) is 6.38. The number of halogens is 3. The smallest absolute Gasteiger partial charge is 0.396 e. The topological polar surface area (TPSA) is 61.4 Å². The van der Waals surface area contributed by atoms with E-state index in [-0.39, 0.29) is 12.0 Å². The summed E-state index contributed by atoms with van der Waals surface area (Å²) in [5.41, 5.74) is -0.335. The van der Waals surface area contributed by atoms with E-state index < -0.39 is 24.7 Å². The lowest BCUT2D eigenvalue weighted by Gasteiger charge is -2.31. The van der Waals surface area contributed by atoms with Crippen LogP contribution in [0.15, 0.2) is 0 Å². The minimum atomic E-state index is -4.41. The highest BCUT2D eigenvalue weighted by Crippen LogP contribution is 2.24. The van der Waals surface area contributed by atoms with Crippen LogP contribution in [0, 0.1) is 5.41 Å². The Balaban J connectivity index is 4.23. The first-order valence-corrected chi connectivity index (χ1v) is 6.38. The molecule has 1 atom stereocenters. The third-order valence-electron chi connectivity index (χ3n) is 3.48. The molecule has 0 radical (unpaired) electrons. The van der Waals surface area contributed by atoms with Crippen LogP contribution >= 0.6 is 0 Å². The van der Waals surface area contributed by atoms with Crippen LogP contribution in [0.5, 0.6) is 0 Å². The van der Waals surface area contributed by atoms with Crippen molar-refractivity contribution in [2.45, 2.75) is 45.8 Å². The third-order valence-corrected chi connectivity index (χ3v) is 3.48. The summed E-state index contributed by atoms with van der Waals surface area (Å²) < 4.78 is 35.9. The van der Waals surface area contributed by atoms with Crippen molar-refractivity contribution < 1.29 is 23.1 Å². The summed E-state index contributed by atoms with van der Waals surface area (Å²) in [5, 5.41) is 14.0. The van der Waals surface area contributed by atoms with Gasteiger partial charge in [-0.05, 0) is 19.8 Å². The number of carbonyl (C=O) groups excluding carboxylic acids is 1. The molecule has 0 saturated carbocycles. The fourth-order valence-corrected chi connectivity index (χ4v) is 1.58. The molecule has 1 unspecified atom stereocenters. The number of rotatable bonds is 8. The molecule has 0 aliphatic rings. The largest absolute Gasteiger partial charge is 0.405 e. The summed E-state index contributed by atoms with van der Waals surface area (Å²) in [6, 6.07) is -0.730. The van der Waals surface area contributed by atoms with Gasteiger partial charge in [0.25, 0.3) is 0 Å². The Labute approximate surface area is 111 Å². The Bertz CT molecular complexity index is 270. The fourth-order valence-electron chi connectivity index (χ4n) is 1.58. The SMILES string of the molecule is CCC(CC)(CO)CNC(C)C(=O)NCC(F)(F)F. The van der Waals surface area contributed by atoms with Crippen LogP contribution in [-0.2, 0) is 4.79 Å². The standard InChI is InChI=1S/C12H23F3N2O2/c1-4-11(5-2,8-18)6-16-9(3)10(19)17-7-12(13,14)15/h9,16,18H,4-8H2,1-3H3,(H,17,19). The van der Waals surface area contributed by atoms with Gasteiger partial charge in [-0.2, -0.15) is 13.2 Å². The van der Waals surface area contributed by atoms with Gasteiger partial charge in [0.1, 0.15) is 6.54 Å². The maximum atomic E-state index is 12.0. The maximum Gasteiger partial charge on any atom is 0.405 e. The van der Waals surface area contributed by atoms with Crippen molar-refractivity contribution in [1.29, 1.82) is 0 Å². The van der Waals surface area contributed by atoms with Crippen LogP contribution in [0.3, 0.4) is 0 Å². The van der Waals surface area contributed by atoms with E-state index in [0.717, 1.165) is 12.8 Å². The van der Waals surface area contributed by atoms with Crippen molar-refractivity contribution in [3.8, 4) is 0 Å². The molecule has 0 aliphatic carbocycles. The first kappa shape index (κ1) is 18.2. The van der Waals surface area contributed by atoms with Gasteiger partial charge in [0.2, 0.25) is 5.91 Å². The third kappa shape index (κ3) is 6.77. The monoisotopic (exact) mass is 284 g/mol. The van der Waals surface area contributed by atoms with Crippen molar-refractivity contribution in [3.63, 3.8) is 0 Å². The summed E-state index contributed by atoms with van der Waals surface area (Å²) in [6.07, 6.45) is -2.95. The molecule has 0 aromatic rings. The summed E-state index contributed by atoms with van der Waals surface area (Å²) in [6.45, 7) is 4.39. The lowest BCUT2D eigenvalue weighted by Crippen LogP contribution is -2.48. The number of hydrogen-bond donors (Lipinski definition) is 3. The second-order valence-corrected chi connectivity index (χ2v) is 4.80. The van der Waals surface area contributed by atoms with Gasteiger partial charge < -0.3 is 15.7 Å². The van der Waals surface area contributed by atoms with Gasteiger partial charge in [0.05, 0.1) is 6.04 Å². The molecule has 0 heterocycles. The highest BCUT2D eigenvalue weighted by atomic mass is 19.4. The zero-order chi connectivity index (χ0) is 15.1. The molecule has 0 fully saturated rings. The zero-order valence-corrected chi connectivity index (χ0v) is 11.6. The number of nitrogens with one attached hydrogen (secondary N) is 2. The van der Waals surface area contributed by atoms with Crippen molar-refractivity contribution in [2.75, 3.05) is 19.7 Å². The highest BCUT2D eigenvalue weighted by Gasteiger charge is 2.30. The molecule has 0 bridgehead atoms. The predicted octanol–water partition coefficient (Wildman–Crippen LogP) is 1.44. The molecule has 0 aromatic carbocycles. The van der Waals surface area contributed by atoms with E-state index in [1.54, 1.807) is 0 Å². The van der Waals surface area contributed by atoms with Gasteiger partial charge in [0, 0.05) is 18.6 Å². The lowest BCUT2D eigenvalue weighted by molar-refractivity contribution is -0.139. The Hall–Kier alpha value is -0.820. The second kappa shape index (κ2) is 7.69. The van der Waals surface area contributed by atoms with E-state index in [1.807, 2.05) is 19.2 Å². The zero-order valence-electron chi connectivity index (χ0n) is 11.6. The summed E-state index contributed by atoms with van der Waals surface area (Å²) in [5.74, 6) is -0.698. The van der Waals surface area contributed by atoms with Gasteiger partial charge >= 0.3 is 6.18 Å². The van der Waals surface area contributed by atoms with E-state index in [2.05, 4.69) is 5.32 Å². The molecule has 1 amide bonds. The molecule has 0 rings (SSSR count). The summed E-state index contributed by atoms with van der Waals surface area (Å²) >= 11 is 0. The van der Waals surface area contributed by atoms with Crippen molar-refractivity contribution in [1.82, 2.24) is 10.6 Å². The lowest BCUT2D eigenvalue weighted by atomic mass is 9.83. The Morgan fingerprint density at radius 1 is 1.21 bits per heavy atom. The molecule has 114 valence electrons. The quantitative estimate of drug-likeness (QED) is 0.632. The van der Waals surface area contributed by atoms with E-state index >= 15 is 0 Å². The van der Waals surface area contributed by atoms with Crippen molar-refractivity contribution in [3.05, 3.63) is 0 Å². The number of alkyl halides is 3. The maximum absolute atomic E-state index is 12.0. The second-order valence-electron chi connectivity index (χ2n) is 4.80. The molecule has 0 aromatic heterocycles. The molecule has 0 aliphatic heterocycles. The van der Waals surface area contributed by atoms with Gasteiger partial charge in [0.15, 0.2) is 0 Å². The van der Waals surface area contributed by atoms with Crippen LogP contribution in [0.1, 0.15) is 33.6 Å². The number of carbonyl (C=O) groups is 1. The molecular weight excluding hydrogens is 261 g/mol. The molecule has 4 nitrogen and oxygen atoms in total. The summed E-state index contributed by atoms with van der Waals surface area (Å²) in [7, 11) is 0. The fraction of sp³-hybridized carbons (Fsp3) is 0.917. The van der Waals surface area contributed by atoms with Crippen LogP contribution in [0.4, 0.5) is 13.2 Å². The molecule has 0 saturated heterocycles. The van der Waals surface area contributed by atoms with Gasteiger partial charge in [-0.15, -0.1) is 0 Å². The van der Waals surface area contributed by atoms with Gasteiger partial charge in [-0.3, -0.25) is 4.79 Å². The minimum Gasteiger partial charge on any atom is -0.396 e. The van der Waals surface area contributed by atoms with Crippen LogP contribution in [0.2, 0.25) is 0 Å². The van der Waals surface area contributed by atoms with Crippen LogP contribution in [0.25, 0.3) is 0 Å². The van der Waals surface area contributed by atoms with E-state index in [0.29, 0.717) is 6.54 Å². The van der Waals surface area contributed by atoms with Crippen molar-refractivity contribution >= 4 is 5.91 Å². The molecule has 19 heavy (non-hydrogen) atoms. The highest BCUT2D eigenvalue weighted by molar-refractivity contribution is 5.81. The first-order chi connectivity index (χ1) is 8.69. The van der Waals surface area contributed by atoms with Crippen LogP contribution in [-0.4, -0.2) is 42.9 Å². The number of aliphatic hydroxyl groups is 1. The van der Waals surface area contributed by atoms with Gasteiger partial charge in [-0.25, -0.2) is 0 Å². The van der Waals surface area contributed by atoms with E-state index in [1.165, 1.54) is 6.92 Å². The predicted molar refractivity (Wildman–Crippen MR) is 66.6 cm³/mol. The average Bonchev–Trinajstić information content (AvgIpc) is 2.37. The Morgan fingerprint density at radius 2 is 1.74 bits per heavy atom. The van der Waals surface area contributed by atoms with E-state index in [9.17, 15) is 23.1 Å². The van der Waals surface area contributed by atoms with Crippen LogP contribution < -0.4 is 10.6 Å². The number of aliphatic hydroxyl groups excluding tert-OH is 1. The van der Waals surface area contributed by atoms with Gasteiger partial charge in [-0.1, -0.05) is 13.8 Å². The normalized spacial score (nSPS) is 14.3. The van der Waals surface area contributed by atoms with Crippen molar-refractivity contribution in [2.24, 2.45) is 5.41 Å². The number of amides is 1. The molecular formula is C12H23F3N2O2. The summed E-state index contributed by atoms with van der Waals surface area (Å²) in [4.78, 5) is 11.4. The van der Waals surface area contributed by atoms with E-state index in [4.69, 9.17) is 0 Å². The number of hydrogen-bond acceptors (Lipinski definition) is 3. The Morgan fingerprint density at radius 3 is 2.11 bits per heavy atom.